The molecule has 0 aliphatic rings. The van der Waals surface area contributed by atoms with Gasteiger partial charge in [-0.15, -0.1) is 0 Å². The molecule has 0 amide bonds. The summed E-state index contributed by atoms with van der Waals surface area (Å²) in [7, 11) is 0. The monoisotopic (exact) mass is 391 g/mol. The highest BCUT2D eigenvalue weighted by Crippen LogP contribution is 2.25. The summed E-state index contributed by atoms with van der Waals surface area (Å²) in [5.41, 5.74) is 5.98. The number of carbonyl (C=O) groups is 1. The molecule has 126 valence electrons. The van der Waals surface area contributed by atoms with Crippen molar-refractivity contribution in [1.82, 2.24) is 4.98 Å². The Morgan fingerprint density at radius 3 is 2.67 bits per heavy atom. The van der Waals surface area contributed by atoms with E-state index in [0.717, 1.165) is 0 Å². The molecule has 0 aliphatic carbocycles. The molecule has 0 atom stereocenters. The maximum absolute atomic E-state index is 12.8. The number of ketones is 1. The van der Waals surface area contributed by atoms with Crippen molar-refractivity contribution in [2.24, 2.45) is 10.9 Å². The number of halogens is 1. The summed E-state index contributed by atoms with van der Waals surface area (Å²) in [5, 5.41) is 13.8. The highest BCUT2D eigenvalue weighted by molar-refractivity contribution is 9.10. The highest BCUT2D eigenvalue weighted by Gasteiger charge is 2.21. The third-order valence-corrected chi connectivity index (χ3v) is 3.41. The van der Waals surface area contributed by atoms with E-state index in [0.29, 0.717) is 10.0 Å². The lowest BCUT2D eigenvalue weighted by Gasteiger charge is -2.16. The third-order valence-electron chi connectivity index (χ3n) is 2.92. The van der Waals surface area contributed by atoms with E-state index in [9.17, 15) is 9.90 Å². The van der Waals surface area contributed by atoms with E-state index < -0.39 is 11.4 Å². The summed E-state index contributed by atoms with van der Waals surface area (Å²) in [6, 6.07) is 7.86. The van der Waals surface area contributed by atoms with Gasteiger partial charge in [0.05, 0.1) is 5.56 Å². The van der Waals surface area contributed by atoms with E-state index in [4.69, 9.17) is 10.6 Å². The average Bonchev–Trinajstić information content (AvgIpc) is 2.53. The van der Waals surface area contributed by atoms with E-state index in [1.807, 2.05) is 20.8 Å². The minimum Gasteiger partial charge on any atom is -0.507 e. The number of benzene rings is 1. The summed E-state index contributed by atoms with van der Waals surface area (Å²) < 4.78 is 0.666. The fraction of sp³-hybridized carbons (Fsp3) is 0.235. The van der Waals surface area contributed by atoms with Gasteiger partial charge in [-0.05, 0) is 51.1 Å². The molecule has 1 aromatic heterocycles. The van der Waals surface area contributed by atoms with E-state index in [2.05, 4.69) is 26.1 Å². The van der Waals surface area contributed by atoms with Crippen molar-refractivity contribution >= 4 is 27.5 Å². The molecular formula is C17H18BrN3O3. The van der Waals surface area contributed by atoms with Gasteiger partial charge in [-0.1, -0.05) is 21.1 Å². The number of rotatable bonds is 4. The second kappa shape index (κ2) is 7.00. The minimum atomic E-state index is -0.514. The van der Waals surface area contributed by atoms with E-state index in [-0.39, 0.29) is 22.8 Å². The topological polar surface area (TPSA) is 97.8 Å². The fourth-order valence-electron chi connectivity index (χ4n) is 1.85. The van der Waals surface area contributed by atoms with E-state index >= 15 is 0 Å². The van der Waals surface area contributed by atoms with Crippen LogP contribution in [0, 0.1) is 0 Å². The number of amidine groups is 1. The maximum atomic E-state index is 12.8. The first-order valence-corrected chi connectivity index (χ1v) is 7.98. The Balaban J connectivity index is 2.45. The zero-order valence-corrected chi connectivity index (χ0v) is 15.2. The zero-order chi connectivity index (χ0) is 17.9. The van der Waals surface area contributed by atoms with Crippen LogP contribution in [-0.4, -0.2) is 27.3 Å². The fourth-order valence-corrected chi connectivity index (χ4v) is 2.21. The van der Waals surface area contributed by atoms with Crippen LogP contribution in [0.4, 0.5) is 0 Å². The molecule has 6 nitrogen and oxygen atoms in total. The smallest absolute Gasteiger partial charge is 0.215 e. The van der Waals surface area contributed by atoms with Crippen LogP contribution in [0.1, 0.15) is 42.4 Å². The number of oxime groups is 1. The predicted molar refractivity (Wildman–Crippen MR) is 95.0 cm³/mol. The molecule has 0 spiro atoms. The van der Waals surface area contributed by atoms with Gasteiger partial charge in [0.25, 0.3) is 0 Å². The molecule has 1 heterocycles. The Kier molecular flexibility index (Phi) is 5.23. The van der Waals surface area contributed by atoms with Crippen molar-refractivity contribution in [2.45, 2.75) is 26.4 Å². The lowest BCUT2D eigenvalue weighted by molar-refractivity contribution is 0.000827. The molecule has 0 saturated carbocycles. The van der Waals surface area contributed by atoms with Crippen LogP contribution in [0.2, 0.25) is 0 Å². The van der Waals surface area contributed by atoms with Gasteiger partial charge in [-0.25, -0.2) is 0 Å². The van der Waals surface area contributed by atoms with Gasteiger partial charge in [-0.2, -0.15) is 0 Å². The Hall–Kier alpha value is -2.41. The van der Waals surface area contributed by atoms with Crippen LogP contribution >= 0.6 is 15.9 Å². The molecule has 0 aliphatic heterocycles. The number of phenolic OH excluding ortho intramolecular Hbond substituents is 1. The summed E-state index contributed by atoms with van der Waals surface area (Å²) in [6.07, 6.45) is 1.48. The molecule has 0 bridgehead atoms. The number of phenols is 1. The molecular weight excluding hydrogens is 374 g/mol. The van der Waals surface area contributed by atoms with Crippen LogP contribution in [0.5, 0.6) is 5.75 Å². The predicted octanol–water partition coefficient (Wildman–Crippen LogP) is 3.22. The molecule has 2 rings (SSSR count). The van der Waals surface area contributed by atoms with Gasteiger partial charge in [0.2, 0.25) is 5.78 Å². The number of hydrogen-bond acceptors (Lipinski definition) is 5. The number of aromatic nitrogens is 1. The molecule has 0 radical (unpaired) electrons. The minimum absolute atomic E-state index is 0.0378. The van der Waals surface area contributed by atoms with Crippen molar-refractivity contribution in [3.8, 4) is 5.75 Å². The van der Waals surface area contributed by atoms with Crippen LogP contribution in [-0.2, 0) is 4.84 Å². The Morgan fingerprint density at radius 2 is 2.00 bits per heavy atom. The first kappa shape index (κ1) is 17.9. The van der Waals surface area contributed by atoms with Crippen LogP contribution < -0.4 is 5.73 Å². The first-order chi connectivity index (χ1) is 11.2. The van der Waals surface area contributed by atoms with Gasteiger partial charge in [-0.3, -0.25) is 9.78 Å². The largest absolute Gasteiger partial charge is 0.507 e. The summed E-state index contributed by atoms with van der Waals surface area (Å²) in [4.78, 5) is 22.1. The first-order valence-electron chi connectivity index (χ1n) is 7.19. The van der Waals surface area contributed by atoms with Crippen LogP contribution in [0.25, 0.3) is 0 Å². The standard InChI is InChI=1S/C17H18BrN3O3/c1-17(2,3)24-21-16(19)11-5-4-8-20-14(11)15(23)12-9-10(18)6-7-13(12)22/h4-9,22H,1-3H3,(H2,19,21). The molecule has 0 saturated heterocycles. The Labute approximate surface area is 148 Å². The maximum Gasteiger partial charge on any atom is 0.215 e. The van der Waals surface area contributed by atoms with Crippen LogP contribution in [0.3, 0.4) is 0 Å². The highest BCUT2D eigenvalue weighted by atomic mass is 79.9. The number of nitrogens with two attached hydrogens (primary N) is 1. The van der Waals surface area contributed by atoms with Crippen molar-refractivity contribution in [3.63, 3.8) is 0 Å². The normalized spacial score (nSPS) is 12.1. The molecule has 0 fully saturated rings. The number of carbonyl (C=O) groups excluding carboxylic acids is 1. The zero-order valence-electron chi connectivity index (χ0n) is 13.6. The lowest BCUT2D eigenvalue weighted by atomic mass is 10.0. The Bertz CT molecular complexity index is 798. The van der Waals surface area contributed by atoms with Gasteiger partial charge in [0, 0.05) is 16.2 Å². The number of pyridine rings is 1. The number of hydrogen-bond donors (Lipinski definition) is 2. The van der Waals surface area contributed by atoms with E-state index in [1.54, 1.807) is 18.2 Å². The Morgan fingerprint density at radius 1 is 1.29 bits per heavy atom. The van der Waals surface area contributed by atoms with Crippen LogP contribution in [0.15, 0.2) is 46.2 Å². The van der Waals surface area contributed by atoms with Gasteiger partial charge < -0.3 is 15.7 Å². The van der Waals surface area contributed by atoms with Crippen molar-refractivity contribution < 1.29 is 14.7 Å². The quantitative estimate of drug-likeness (QED) is 0.360. The summed E-state index contributed by atoms with van der Waals surface area (Å²) >= 11 is 3.28. The summed E-state index contributed by atoms with van der Waals surface area (Å²) in [5.74, 6) is -0.560. The number of nitrogens with zero attached hydrogens (tertiary/aromatic N) is 2. The van der Waals surface area contributed by atoms with Crippen molar-refractivity contribution in [1.29, 1.82) is 0 Å². The molecule has 1 aromatic carbocycles. The average molecular weight is 392 g/mol. The third kappa shape index (κ3) is 4.32. The van der Waals surface area contributed by atoms with Gasteiger partial charge in [0.15, 0.2) is 5.84 Å². The summed E-state index contributed by atoms with van der Waals surface area (Å²) in [6.45, 7) is 5.50. The number of aromatic hydroxyl groups is 1. The van der Waals surface area contributed by atoms with E-state index in [1.165, 1.54) is 18.3 Å². The molecule has 2 aromatic rings. The lowest BCUT2D eigenvalue weighted by Crippen LogP contribution is -2.23. The van der Waals surface area contributed by atoms with Gasteiger partial charge >= 0.3 is 0 Å². The van der Waals surface area contributed by atoms with Gasteiger partial charge in [0.1, 0.15) is 17.0 Å². The SMILES string of the molecule is CC(C)(C)ON=C(N)c1cccnc1C(=O)c1cc(Br)ccc1O. The molecule has 24 heavy (non-hydrogen) atoms. The van der Waals surface area contributed by atoms with Crippen molar-refractivity contribution in [3.05, 3.63) is 57.8 Å². The molecule has 3 N–H and O–H groups in total. The molecule has 7 heteroatoms. The second-order valence-corrected chi connectivity index (χ2v) is 6.99. The molecule has 0 unspecified atom stereocenters. The second-order valence-electron chi connectivity index (χ2n) is 6.07. The van der Waals surface area contributed by atoms with Crippen molar-refractivity contribution in [2.75, 3.05) is 0 Å².